The van der Waals surface area contributed by atoms with E-state index < -0.39 is 16.1 Å². The summed E-state index contributed by atoms with van der Waals surface area (Å²) in [5, 5.41) is 4.68. The van der Waals surface area contributed by atoms with Gasteiger partial charge < -0.3 is 5.32 Å². The van der Waals surface area contributed by atoms with Crippen molar-refractivity contribution in [3.05, 3.63) is 17.5 Å². The van der Waals surface area contributed by atoms with Crippen molar-refractivity contribution in [2.24, 2.45) is 0 Å². The molecule has 1 aliphatic rings. The van der Waals surface area contributed by atoms with Crippen molar-refractivity contribution < 1.29 is 13.2 Å². The SMILES string of the molecule is CCN(CC)[C@@H](C)CNC(=O)[C@@H]1CCCN1S(=O)(=O)c1cccs1. The lowest BCUT2D eigenvalue weighted by Gasteiger charge is -2.28. The van der Waals surface area contributed by atoms with E-state index in [9.17, 15) is 13.2 Å². The number of rotatable bonds is 8. The van der Waals surface area contributed by atoms with Crippen LogP contribution in [0.4, 0.5) is 0 Å². The van der Waals surface area contributed by atoms with Crippen LogP contribution in [-0.4, -0.2) is 61.8 Å². The van der Waals surface area contributed by atoms with E-state index in [2.05, 4.69) is 31.0 Å². The molecule has 0 saturated carbocycles. The molecule has 0 bridgehead atoms. The monoisotopic (exact) mass is 373 g/mol. The van der Waals surface area contributed by atoms with E-state index >= 15 is 0 Å². The number of carbonyl (C=O) groups excluding carboxylic acids is 1. The minimum Gasteiger partial charge on any atom is -0.353 e. The summed E-state index contributed by atoms with van der Waals surface area (Å²) in [4.78, 5) is 14.8. The average molecular weight is 374 g/mol. The normalized spacial score (nSPS) is 20.4. The molecule has 0 unspecified atom stereocenters. The molecule has 6 nitrogen and oxygen atoms in total. The topological polar surface area (TPSA) is 69.7 Å². The molecular formula is C16H27N3O3S2. The molecule has 1 saturated heterocycles. The Balaban J connectivity index is 2.01. The molecule has 0 radical (unpaired) electrons. The first-order valence-corrected chi connectivity index (χ1v) is 10.8. The molecule has 2 atom stereocenters. The first-order valence-electron chi connectivity index (χ1n) is 8.48. The molecule has 0 aromatic carbocycles. The average Bonchev–Trinajstić information content (AvgIpc) is 3.25. The van der Waals surface area contributed by atoms with E-state index in [4.69, 9.17) is 0 Å². The molecule has 2 rings (SSSR count). The van der Waals surface area contributed by atoms with Crippen LogP contribution in [0.2, 0.25) is 0 Å². The number of sulfonamides is 1. The highest BCUT2D eigenvalue weighted by atomic mass is 32.2. The summed E-state index contributed by atoms with van der Waals surface area (Å²) in [5.41, 5.74) is 0. The van der Waals surface area contributed by atoms with Crippen LogP contribution in [0.25, 0.3) is 0 Å². The molecule has 136 valence electrons. The summed E-state index contributed by atoms with van der Waals surface area (Å²) >= 11 is 1.19. The molecule has 2 heterocycles. The van der Waals surface area contributed by atoms with Crippen molar-refractivity contribution in [2.45, 2.75) is 49.9 Å². The Hall–Kier alpha value is -0.960. The van der Waals surface area contributed by atoms with Gasteiger partial charge in [-0.1, -0.05) is 19.9 Å². The van der Waals surface area contributed by atoms with E-state index in [0.717, 1.165) is 13.1 Å². The summed E-state index contributed by atoms with van der Waals surface area (Å²) in [6.07, 6.45) is 1.30. The van der Waals surface area contributed by atoms with Crippen molar-refractivity contribution in [1.29, 1.82) is 0 Å². The molecule has 1 aromatic heterocycles. The summed E-state index contributed by atoms with van der Waals surface area (Å²) in [6.45, 7) is 9.05. The molecule has 0 spiro atoms. The van der Waals surface area contributed by atoms with Gasteiger partial charge in [0.15, 0.2) is 0 Å². The molecule has 8 heteroatoms. The highest BCUT2D eigenvalue weighted by Gasteiger charge is 2.39. The minimum absolute atomic E-state index is 0.188. The predicted molar refractivity (Wildman–Crippen MR) is 96.6 cm³/mol. The summed E-state index contributed by atoms with van der Waals surface area (Å²) in [5.74, 6) is -0.188. The van der Waals surface area contributed by atoms with Gasteiger partial charge in [0, 0.05) is 19.1 Å². The summed E-state index contributed by atoms with van der Waals surface area (Å²) in [6, 6.07) is 2.94. The molecule has 1 aliphatic heterocycles. The van der Waals surface area contributed by atoms with Crippen molar-refractivity contribution in [2.75, 3.05) is 26.2 Å². The highest BCUT2D eigenvalue weighted by molar-refractivity contribution is 7.91. The fraction of sp³-hybridized carbons (Fsp3) is 0.688. The first-order chi connectivity index (χ1) is 11.4. The van der Waals surface area contributed by atoms with E-state index in [1.165, 1.54) is 15.6 Å². The van der Waals surface area contributed by atoms with Crippen LogP contribution in [0.1, 0.15) is 33.6 Å². The standard InChI is InChI=1S/C16H27N3O3S2/c1-4-18(5-2)13(3)12-17-16(20)14-8-6-10-19(14)24(21,22)15-9-7-11-23-15/h7,9,11,13-14H,4-6,8,10,12H2,1-3H3,(H,17,20)/t13-,14-/m0/s1. The number of amides is 1. The van der Waals surface area contributed by atoms with Gasteiger partial charge in [-0.3, -0.25) is 9.69 Å². The number of carbonyl (C=O) groups is 1. The highest BCUT2D eigenvalue weighted by Crippen LogP contribution is 2.28. The number of thiophene rings is 1. The first kappa shape index (κ1) is 19.4. The molecule has 1 fully saturated rings. The Bertz CT molecular complexity index is 627. The maximum absolute atomic E-state index is 12.7. The van der Waals surface area contributed by atoms with Crippen molar-refractivity contribution in [3.63, 3.8) is 0 Å². The quantitative estimate of drug-likeness (QED) is 0.754. The summed E-state index contributed by atoms with van der Waals surface area (Å²) in [7, 11) is -3.57. The lowest BCUT2D eigenvalue weighted by molar-refractivity contribution is -0.124. The lowest BCUT2D eigenvalue weighted by atomic mass is 10.2. The van der Waals surface area contributed by atoms with Crippen LogP contribution in [0.5, 0.6) is 0 Å². The lowest BCUT2D eigenvalue weighted by Crippen LogP contribution is -2.49. The zero-order valence-corrected chi connectivity index (χ0v) is 16.2. The van der Waals surface area contributed by atoms with E-state index in [-0.39, 0.29) is 11.9 Å². The van der Waals surface area contributed by atoms with Crippen LogP contribution in [0.15, 0.2) is 21.7 Å². The predicted octanol–water partition coefficient (Wildman–Crippen LogP) is 1.75. The zero-order valence-electron chi connectivity index (χ0n) is 14.6. The molecular weight excluding hydrogens is 346 g/mol. The molecule has 24 heavy (non-hydrogen) atoms. The maximum Gasteiger partial charge on any atom is 0.253 e. The van der Waals surface area contributed by atoms with Gasteiger partial charge in [-0.05, 0) is 44.3 Å². The van der Waals surface area contributed by atoms with Crippen molar-refractivity contribution >= 4 is 27.3 Å². The van der Waals surface area contributed by atoms with Crippen molar-refractivity contribution in [1.82, 2.24) is 14.5 Å². The van der Waals surface area contributed by atoms with Gasteiger partial charge in [0.1, 0.15) is 10.3 Å². The Kier molecular flexibility index (Phi) is 6.79. The molecule has 0 aliphatic carbocycles. The van der Waals surface area contributed by atoms with Gasteiger partial charge in [0.2, 0.25) is 5.91 Å². The summed E-state index contributed by atoms with van der Waals surface area (Å²) < 4.78 is 27.1. The number of nitrogens with zero attached hydrogens (tertiary/aromatic N) is 2. The van der Waals surface area contributed by atoms with Gasteiger partial charge in [-0.2, -0.15) is 4.31 Å². The van der Waals surface area contributed by atoms with Gasteiger partial charge >= 0.3 is 0 Å². The smallest absolute Gasteiger partial charge is 0.253 e. The second-order valence-electron chi connectivity index (χ2n) is 6.02. The second-order valence-corrected chi connectivity index (χ2v) is 9.09. The van der Waals surface area contributed by atoms with Crippen molar-refractivity contribution in [3.8, 4) is 0 Å². The third-order valence-electron chi connectivity index (χ3n) is 4.57. The second kappa shape index (κ2) is 8.42. The maximum atomic E-state index is 12.7. The third kappa shape index (κ3) is 4.17. The number of nitrogens with one attached hydrogen (secondary N) is 1. The Morgan fingerprint density at radius 2 is 2.17 bits per heavy atom. The molecule has 1 N–H and O–H groups in total. The Labute approximate surface area is 148 Å². The number of likely N-dealkylation sites (N-methyl/N-ethyl adjacent to an activating group) is 1. The zero-order chi connectivity index (χ0) is 17.7. The molecule has 1 amide bonds. The third-order valence-corrected chi connectivity index (χ3v) is 7.85. The van der Waals surface area contributed by atoms with Crippen LogP contribution < -0.4 is 5.32 Å². The number of hydrogen-bond donors (Lipinski definition) is 1. The Morgan fingerprint density at radius 1 is 1.46 bits per heavy atom. The van der Waals surface area contributed by atoms with Gasteiger partial charge in [-0.15, -0.1) is 11.3 Å². The van der Waals surface area contributed by atoms with Crippen LogP contribution in [-0.2, 0) is 14.8 Å². The van der Waals surface area contributed by atoms with Crippen LogP contribution in [0, 0.1) is 0 Å². The van der Waals surface area contributed by atoms with Crippen LogP contribution in [0.3, 0.4) is 0 Å². The Morgan fingerprint density at radius 3 is 2.75 bits per heavy atom. The van der Waals surface area contributed by atoms with E-state index in [1.807, 2.05) is 0 Å². The van der Waals surface area contributed by atoms with E-state index in [0.29, 0.717) is 30.1 Å². The largest absolute Gasteiger partial charge is 0.353 e. The fourth-order valence-electron chi connectivity index (χ4n) is 3.16. The molecule has 1 aromatic rings. The van der Waals surface area contributed by atoms with Crippen LogP contribution >= 0.6 is 11.3 Å². The van der Waals surface area contributed by atoms with Gasteiger partial charge in [0.25, 0.3) is 10.0 Å². The van der Waals surface area contributed by atoms with E-state index in [1.54, 1.807) is 17.5 Å². The number of hydrogen-bond acceptors (Lipinski definition) is 5. The van der Waals surface area contributed by atoms with Gasteiger partial charge in [0.05, 0.1) is 0 Å². The van der Waals surface area contributed by atoms with Gasteiger partial charge in [-0.25, -0.2) is 8.42 Å². The minimum atomic E-state index is -3.57. The fourth-order valence-corrected chi connectivity index (χ4v) is 5.93.